The number of hydrogen-bond acceptors (Lipinski definition) is 5. The van der Waals surface area contributed by atoms with Crippen molar-refractivity contribution in [2.24, 2.45) is 0 Å². The Morgan fingerprint density at radius 2 is 1.96 bits per heavy atom. The summed E-state index contributed by atoms with van der Waals surface area (Å²) in [6, 6.07) is 8.35. The minimum Gasteiger partial charge on any atom is -0.491 e. The molecule has 1 aromatic carbocycles. The standard InChI is InChI=1S/C19H21F3N4O2/c1-11(2)28-13-3-4-15(23)14(8-13)17(24)12-5-6-25-16(7-12)26-9-18(27,10-26)19(20,21)22/h3-8,11,24,27H,9-10,23H2,1-2H3/p+1. The summed E-state index contributed by atoms with van der Waals surface area (Å²) in [6.07, 6.45) is -3.26. The lowest BCUT2D eigenvalue weighted by Crippen LogP contribution is -2.69. The van der Waals surface area contributed by atoms with Crippen LogP contribution in [0.15, 0.2) is 36.5 Å². The third kappa shape index (κ3) is 3.75. The molecule has 1 saturated heterocycles. The lowest BCUT2D eigenvalue weighted by atomic mass is 9.93. The topological polar surface area (TPSA) is 97.2 Å². The van der Waals surface area contributed by atoms with E-state index in [4.69, 9.17) is 15.9 Å². The van der Waals surface area contributed by atoms with Gasteiger partial charge in [0.05, 0.1) is 30.3 Å². The molecule has 28 heavy (non-hydrogen) atoms. The highest BCUT2D eigenvalue weighted by atomic mass is 19.4. The van der Waals surface area contributed by atoms with Crippen molar-refractivity contribution < 1.29 is 28.4 Å². The van der Waals surface area contributed by atoms with Crippen molar-refractivity contribution in [2.45, 2.75) is 31.7 Å². The molecule has 0 radical (unpaired) electrons. The number of aromatic nitrogens is 1. The summed E-state index contributed by atoms with van der Waals surface area (Å²) >= 11 is 0. The molecule has 2 aromatic rings. The molecule has 3 rings (SSSR count). The van der Waals surface area contributed by atoms with E-state index in [0.29, 0.717) is 34.1 Å². The van der Waals surface area contributed by atoms with E-state index in [-0.39, 0.29) is 6.10 Å². The fourth-order valence-corrected chi connectivity index (χ4v) is 2.95. The summed E-state index contributed by atoms with van der Waals surface area (Å²) < 4.78 is 44.1. The zero-order chi connectivity index (χ0) is 20.7. The average Bonchev–Trinajstić information content (AvgIpc) is 2.58. The highest BCUT2D eigenvalue weighted by Gasteiger charge is 2.61. The molecule has 0 atom stereocenters. The van der Waals surface area contributed by atoms with Crippen LogP contribution in [0.2, 0.25) is 0 Å². The number of nitrogens with two attached hydrogens (primary N) is 2. The van der Waals surface area contributed by atoms with Gasteiger partial charge in [-0.25, -0.2) is 4.98 Å². The smallest absolute Gasteiger partial charge is 0.420 e. The van der Waals surface area contributed by atoms with E-state index in [0.717, 1.165) is 0 Å². The van der Waals surface area contributed by atoms with Crippen molar-refractivity contribution in [3.05, 3.63) is 47.7 Å². The van der Waals surface area contributed by atoms with E-state index >= 15 is 0 Å². The third-order valence-electron chi connectivity index (χ3n) is 4.50. The van der Waals surface area contributed by atoms with E-state index in [1.165, 1.54) is 11.1 Å². The van der Waals surface area contributed by atoms with Crippen LogP contribution in [0.1, 0.15) is 25.0 Å². The molecule has 2 heterocycles. The molecule has 0 bridgehead atoms. The summed E-state index contributed by atoms with van der Waals surface area (Å²) in [5.41, 5.74) is 5.23. The van der Waals surface area contributed by atoms with Crippen LogP contribution in [-0.2, 0) is 0 Å². The molecule has 150 valence electrons. The zero-order valence-corrected chi connectivity index (χ0v) is 15.5. The van der Waals surface area contributed by atoms with E-state index in [9.17, 15) is 18.3 Å². The Morgan fingerprint density at radius 3 is 2.57 bits per heavy atom. The second kappa shape index (κ2) is 6.97. The molecule has 0 saturated carbocycles. The van der Waals surface area contributed by atoms with Crippen LogP contribution in [-0.4, -0.2) is 46.8 Å². The molecule has 0 aliphatic carbocycles. The van der Waals surface area contributed by atoms with Gasteiger partial charge in [0, 0.05) is 11.9 Å². The summed E-state index contributed by atoms with van der Waals surface area (Å²) in [7, 11) is 0. The number of benzene rings is 1. The Bertz CT molecular complexity index is 893. The Labute approximate surface area is 160 Å². The number of β-amino-alcohol motifs (C(OH)–C–C–N with tert-alkyl or cyclic N) is 1. The molecular formula is C19H22F3N4O2+. The monoisotopic (exact) mass is 395 g/mol. The van der Waals surface area contributed by atoms with Gasteiger partial charge in [-0.15, -0.1) is 0 Å². The van der Waals surface area contributed by atoms with Crippen LogP contribution < -0.4 is 20.8 Å². The van der Waals surface area contributed by atoms with Crippen LogP contribution in [0.25, 0.3) is 0 Å². The third-order valence-corrected chi connectivity index (χ3v) is 4.50. The van der Waals surface area contributed by atoms with Crippen molar-refractivity contribution in [1.29, 1.82) is 0 Å². The molecule has 6 nitrogen and oxygen atoms in total. The first kappa shape index (κ1) is 19.9. The maximum Gasteiger partial charge on any atom is 0.420 e. The van der Waals surface area contributed by atoms with Gasteiger partial charge in [0.2, 0.25) is 5.71 Å². The van der Waals surface area contributed by atoms with Gasteiger partial charge in [-0.2, -0.15) is 13.2 Å². The first-order valence-electron chi connectivity index (χ1n) is 8.69. The molecular weight excluding hydrogens is 373 g/mol. The minimum absolute atomic E-state index is 0.0241. The van der Waals surface area contributed by atoms with E-state index in [1.807, 2.05) is 13.8 Å². The maximum absolute atomic E-state index is 12.8. The largest absolute Gasteiger partial charge is 0.491 e. The highest BCUT2D eigenvalue weighted by molar-refractivity contribution is 6.12. The zero-order valence-electron chi connectivity index (χ0n) is 15.5. The first-order chi connectivity index (χ1) is 13.0. The Kier molecular flexibility index (Phi) is 4.97. The van der Waals surface area contributed by atoms with E-state index < -0.39 is 24.9 Å². The summed E-state index contributed by atoms with van der Waals surface area (Å²) in [5, 5.41) is 15.9. The molecule has 0 amide bonds. The predicted octanol–water partition coefficient (Wildman–Crippen LogP) is 1.16. The van der Waals surface area contributed by atoms with Crippen LogP contribution in [0.3, 0.4) is 0 Å². The Hall–Kier alpha value is -2.81. The van der Waals surface area contributed by atoms with Gasteiger partial charge >= 0.3 is 6.18 Å². The van der Waals surface area contributed by atoms with Gasteiger partial charge in [0.1, 0.15) is 11.6 Å². The number of alkyl halides is 3. The molecule has 1 aliphatic heterocycles. The fourth-order valence-electron chi connectivity index (χ4n) is 2.95. The molecule has 0 unspecified atom stereocenters. The fraction of sp³-hybridized carbons (Fsp3) is 0.368. The SMILES string of the molecule is CC(C)Oc1ccc(N)c(C(=[NH2+])c2ccnc(N3CC(O)(C(F)(F)F)C3)c2)c1. The Balaban J connectivity index is 1.82. The van der Waals surface area contributed by atoms with Crippen molar-refractivity contribution in [1.82, 2.24) is 4.98 Å². The van der Waals surface area contributed by atoms with E-state index in [1.54, 1.807) is 30.3 Å². The minimum atomic E-state index is -4.68. The Morgan fingerprint density at radius 1 is 1.29 bits per heavy atom. The predicted molar refractivity (Wildman–Crippen MR) is 99.2 cm³/mol. The number of halogens is 3. The van der Waals surface area contributed by atoms with Gasteiger partial charge < -0.3 is 20.5 Å². The van der Waals surface area contributed by atoms with Crippen LogP contribution in [0.4, 0.5) is 24.7 Å². The van der Waals surface area contributed by atoms with Gasteiger partial charge in [-0.1, -0.05) is 0 Å². The van der Waals surface area contributed by atoms with Crippen LogP contribution in [0.5, 0.6) is 5.75 Å². The van der Waals surface area contributed by atoms with Crippen molar-refractivity contribution in [3.8, 4) is 5.75 Å². The number of nitrogen functional groups attached to an aromatic ring is 1. The van der Waals surface area contributed by atoms with Gasteiger partial charge in [-0.3, -0.25) is 5.41 Å². The normalized spacial score (nSPS) is 16.0. The van der Waals surface area contributed by atoms with Crippen LogP contribution in [0, 0.1) is 0 Å². The maximum atomic E-state index is 12.8. The van der Waals surface area contributed by atoms with Crippen molar-refractivity contribution in [2.75, 3.05) is 23.7 Å². The van der Waals surface area contributed by atoms with Gasteiger partial charge in [0.25, 0.3) is 0 Å². The van der Waals surface area contributed by atoms with Crippen LogP contribution >= 0.6 is 0 Å². The van der Waals surface area contributed by atoms with Gasteiger partial charge in [-0.05, 0) is 44.2 Å². The molecule has 9 heteroatoms. The molecule has 0 spiro atoms. The number of pyridine rings is 1. The van der Waals surface area contributed by atoms with Crippen molar-refractivity contribution in [3.63, 3.8) is 0 Å². The number of aliphatic hydroxyl groups is 1. The summed E-state index contributed by atoms with van der Waals surface area (Å²) in [5.74, 6) is 0.900. The average molecular weight is 395 g/mol. The molecule has 1 aromatic heterocycles. The lowest BCUT2D eigenvalue weighted by molar-refractivity contribution is -0.267. The number of anilines is 2. The molecule has 5 N–H and O–H groups in total. The second-order valence-electron chi connectivity index (χ2n) is 7.12. The quantitative estimate of drug-likeness (QED) is 0.522. The number of rotatable bonds is 5. The number of nitrogens with zero attached hydrogens (tertiary/aromatic N) is 2. The molecule has 1 aliphatic rings. The number of hydrogen-bond donors (Lipinski definition) is 3. The van der Waals surface area contributed by atoms with E-state index in [2.05, 4.69) is 4.98 Å². The summed E-state index contributed by atoms with van der Waals surface area (Å²) in [6.45, 7) is 2.64. The summed E-state index contributed by atoms with van der Waals surface area (Å²) in [4.78, 5) is 5.43. The van der Waals surface area contributed by atoms with Crippen molar-refractivity contribution >= 4 is 17.2 Å². The molecule has 1 fully saturated rings. The first-order valence-corrected chi connectivity index (χ1v) is 8.69. The highest BCUT2D eigenvalue weighted by Crippen LogP contribution is 2.39. The number of ether oxygens (including phenoxy) is 1. The van der Waals surface area contributed by atoms with Gasteiger partial charge in [0.15, 0.2) is 5.60 Å². The lowest BCUT2D eigenvalue weighted by Gasteiger charge is -2.47. The second-order valence-corrected chi connectivity index (χ2v) is 7.12.